The SMILES string of the molecule is [CH]1NC[N]O1. The lowest BCUT2D eigenvalue weighted by Gasteiger charge is -1.71. The topological polar surface area (TPSA) is 35.4 Å². The molecule has 0 atom stereocenters. The van der Waals surface area contributed by atoms with Gasteiger partial charge in [0.1, 0.15) is 0 Å². The van der Waals surface area contributed by atoms with Crippen LogP contribution in [0.3, 0.4) is 0 Å². The van der Waals surface area contributed by atoms with E-state index in [4.69, 9.17) is 0 Å². The largest absolute Gasteiger partial charge is 0.271 e. The first-order valence-corrected chi connectivity index (χ1v) is 1.38. The van der Waals surface area contributed by atoms with Crippen molar-refractivity contribution < 1.29 is 4.84 Å². The Morgan fingerprint density at radius 2 is 3.00 bits per heavy atom. The summed E-state index contributed by atoms with van der Waals surface area (Å²) in [5.74, 6) is 0. The van der Waals surface area contributed by atoms with E-state index < -0.39 is 0 Å². The molecule has 1 N–H and O–H groups in total. The molecule has 0 saturated carbocycles. The highest BCUT2D eigenvalue weighted by Gasteiger charge is 1.94. The maximum absolute atomic E-state index is 4.33. The van der Waals surface area contributed by atoms with E-state index in [0.717, 1.165) is 0 Å². The van der Waals surface area contributed by atoms with Gasteiger partial charge in [-0.15, -0.1) is 0 Å². The quantitative estimate of drug-likeness (QED) is 0.406. The lowest BCUT2D eigenvalue weighted by atomic mass is 11.1. The molecule has 1 rings (SSSR count). The van der Waals surface area contributed by atoms with Crippen molar-refractivity contribution >= 4 is 0 Å². The lowest BCUT2D eigenvalue weighted by molar-refractivity contribution is 0.138. The third-order valence-corrected chi connectivity index (χ3v) is 0.366. The zero-order chi connectivity index (χ0) is 3.54. The van der Waals surface area contributed by atoms with Crippen LogP contribution in [0.5, 0.6) is 0 Å². The van der Waals surface area contributed by atoms with Crippen molar-refractivity contribution in [1.29, 1.82) is 0 Å². The molecular formula is C2H4N2O. The molecule has 1 fully saturated rings. The van der Waals surface area contributed by atoms with Gasteiger partial charge < -0.3 is 0 Å². The monoisotopic (exact) mass is 72.0 g/mol. The molecule has 0 aromatic rings. The highest BCUT2D eigenvalue weighted by atomic mass is 16.7. The van der Waals surface area contributed by atoms with Crippen LogP contribution in [0.1, 0.15) is 0 Å². The Kier molecular flexibility index (Phi) is 0.834. The molecule has 0 aromatic heterocycles. The molecule has 1 heterocycles. The third kappa shape index (κ3) is 0.576. The zero-order valence-corrected chi connectivity index (χ0v) is 2.64. The fraction of sp³-hybridized carbons (Fsp3) is 0.500. The average Bonchev–Trinajstić information content (AvgIpc) is 1.76. The summed E-state index contributed by atoms with van der Waals surface area (Å²) >= 11 is 0. The van der Waals surface area contributed by atoms with Crippen LogP contribution < -0.4 is 10.8 Å². The number of rotatable bonds is 0. The number of nitrogens with one attached hydrogen (secondary N) is 1. The van der Waals surface area contributed by atoms with Crippen LogP contribution in [0.4, 0.5) is 0 Å². The first-order valence-electron chi connectivity index (χ1n) is 1.38. The van der Waals surface area contributed by atoms with Crippen molar-refractivity contribution in [3.8, 4) is 0 Å². The van der Waals surface area contributed by atoms with Crippen molar-refractivity contribution in [2.24, 2.45) is 0 Å². The van der Waals surface area contributed by atoms with E-state index in [1.807, 2.05) is 0 Å². The minimum atomic E-state index is 0.597. The van der Waals surface area contributed by atoms with Gasteiger partial charge in [-0.25, -0.2) is 0 Å². The Balaban J connectivity index is 2.08. The number of hydrogen-bond acceptors (Lipinski definition) is 2. The van der Waals surface area contributed by atoms with Crippen molar-refractivity contribution in [2.45, 2.75) is 0 Å². The van der Waals surface area contributed by atoms with E-state index in [1.165, 1.54) is 6.73 Å². The van der Waals surface area contributed by atoms with E-state index >= 15 is 0 Å². The van der Waals surface area contributed by atoms with Crippen LogP contribution >= 0.6 is 0 Å². The van der Waals surface area contributed by atoms with E-state index in [1.54, 1.807) is 0 Å². The maximum Gasteiger partial charge on any atom is 0.174 e. The van der Waals surface area contributed by atoms with Gasteiger partial charge in [-0.2, -0.15) is 0 Å². The van der Waals surface area contributed by atoms with E-state index in [-0.39, 0.29) is 0 Å². The molecule has 2 radical (unpaired) electrons. The normalized spacial score (nSPS) is 24.0. The van der Waals surface area contributed by atoms with E-state index in [9.17, 15) is 0 Å². The van der Waals surface area contributed by atoms with Gasteiger partial charge in [0.2, 0.25) is 0 Å². The summed E-state index contributed by atoms with van der Waals surface area (Å²) in [7, 11) is 0. The van der Waals surface area contributed by atoms with E-state index in [0.29, 0.717) is 6.67 Å². The van der Waals surface area contributed by atoms with Crippen LogP contribution in [0.15, 0.2) is 0 Å². The number of hydroxylamine groups is 1. The van der Waals surface area contributed by atoms with Crippen LogP contribution in [0.2, 0.25) is 0 Å². The van der Waals surface area contributed by atoms with Gasteiger partial charge in [0, 0.05) is 0 Å². The molecule has 5 heavy (non-hydrogen) atoms. The summed E-state index contributed by atoms with van der Waals surface area (Å²) in [6.45, 7) is 2.04. The number of hydrogen-bond donors (Lipinski definition) is 1. The van der Waals surface area contributed by atoms with Crippen molar-refractivity contribution in [3.05, 3.63) is 6.73 Å². The highest BCUT2D eigenvalue weighted by molar-refractivity contribution is 4.46. The van der Waals surface area contributed by atoms with Crippen molar-refractivity contribution in [2.75, 3.05) is 6.67 Å². The minimum Gasteiger partial charge on any atom is -0.271 e. The Hall–Kier alpha value is -0.120. The predicted octanol–water partition coefficient (Wildman–Crippen LogP) is -0.798. The average molecular weight is 72.1 g/mol. The predicted molar refractivity (Wildman–Crippen MR) is 15.5 cm³/mol. The van der Waals surface area contributed by atoms with Gasteiger partial charge in [-0.1, -0.05) is 5.48 Å². The summed E-state index contributed by atoms with van der Waals surface area (Å²) in [6, 6.07) is 0. The smallest absolute Gasteiger partial charge is 0.174 e. The second-order valence-corrected chi connectivity index (χ2v) is 0.715. The summed E-state index contributed by atoms with van der Waals surface area (Å²) in [6.07, 6.45) is 0. The Morgan fingerprint density at radius 3 is 3.20 bits per heavy atom. The molecule has 0 amide bonds. The second kappa shape index (κ2) is 1.35. The van der Waals surface area contributed by atoms with Crippen LogP contribution in [0, 0.1) is 6.73 Å². The molecule has 0 bridgehead atoms. The molecule has 0 unspecified atom stereocenters. The number of nitrogens with zero attached hydrogens (tertiary/aromatic N) is 1. The first kappa shape index (κ1) is 3.08. The van der Waals surface area contributed by atoms with Gasteiger partial charge in [0.15, 0.2) is 6.73 Å². The molecule has 0 aromatic carbocycles. The van der Waals surface area contributed by atoms with Crippen LogP contribution in [-0.4, -0.2) is 6.67 Å². The van der Waals surface area contributed by atoms with Crippen molar-refractivity contribution in [3.63, 3.8) is 0 Å². The van der Waals surface area contributed by atoms with Gasteiger partial charge in [0.25, 0.3) is 0 Å². The molecule has 0 aliphatic carbocycles. The Bertz CT molecular complexity index is 19.2. The molecular weight excluding hydrogens is 68.0 g/mol. The standard InChI is InChI=1S/C2H4N2O/c1-3-2-5-4-1/h2-3H,1H2. The summed E-state index contributed by atoms with van der Waals surface area (Å²) in [5, 5.41) is 2.71. The van der Waals surface area contributed by atoms with Gasteiger partial charge in [-0.3, -0.25) is 10.2 Å². The van der Waals surface area contributed by atoms with Gasteiger partial charge in [-0.05, 0) is 0 Å². The summed E-state index contributed by atoms with van der Waals surface area (Å²) < 4.78 is 0. The Labute approximate surface area is 30.3 Å². The molecule has 3 heteroatoms. The molecule has 1 aliphatic heterocycles. The fourth-order valence-electron chi connectivity index (χ4n) is 0.186. The highest BCUT2D eigenvalue weighted by Crippen LogP contribution is 1.76. The molecule has 3 nitrogen and oxygen atoms in total. The Morgan fingerprint density at radius 1 is 2.00 bits per heavy atom. The fourth-order valence-corrected chi connectivity index (χ4v) is 0.186. The second-order valence-electron chi connectivity index (χ2n) is 0.715. The van der Waals surface area contributed by atoms with Gasteiger partial charge >= 0.3 is 0 Å². The van der Waals surface area contributed by atoms with Crippen LogP contribution in [0.25, 0.3) is 0 Å². The third-order valence-electron chi connectivity index (χ3n) is 0.366. The van der Waals surface area contributed by atoms with Crippen molar-refractivity contribution in [1.82, 2.24) is 10.8 Å². The lowest BCUT2D eigenvalue weighted by Crippen LogP contribution is -2.03. The van der Waals surface area contributed by atoms with Crippen LogP contribution in [-0.2, 0) is 4.84 Å². The zero-order valence-electron chi connectivity index (χ0n) is 2.64. The molecule has 28 valence electrons. The molecule has 1 saturated heterocycles. The van der Waals surface area contributed by atoms with E-state index in [2.05, 4.69) is 15.6 Å². The maximum atomic E-state index is 4.33. The summed E-state index contributed by atoms with van der Waals surface area (Å²) in [5.41, 5.74) is 3.42. The van der Waals surface area contributed by atoms with Gasteiger partial charge in [0.05, 0.1) is 6.67 Å². The minimum absolute atomic E-state index is 0.597. The first-order chi connectivity index (χ1) is 2.50. The molecule has 0 spiro atoms. The molecule has 1 aliphatic rings. The summed E-state index contributed by atoms with van der Waals surface area (Å²) in [4.78, 5) is 4.33.